The summed E-state index contributed by atoms with van der Waals surface area (Å²) in [6, 6.07) is 16.5. The first-order valence-corrected chi connectivity index (χ1v) is 13.7. The van der Waals surface area contributed by atoms with E-state index in [1.807, 2.05) is 29.4 Å². The maximum atomic E-state index is 13.6. The Morgan fingerprint density at radius 2 is 1.74 bits per heavy atom. The lowest BCUT2D eigenvalue weighted by Gasteiger charge is -2.39. The summed E-state index contributed by atoms with van der Waals surface area (Å²) in [5.74, 6) is -0.252. The number of nitrogens with zero attached hydrogens (tertiary/aromatic N) is 3. The third-order valence-corrected chi connectivity index (χ3v) is 8.74. The topological polar surface area (TPSA) is 85.8 Å². The molecular formula is C31H34N4O3. The number of rotatable bonds is 4. The van der Waals surface area contributed by atoms with Gasteiger partial charge in [-0.2, -0.15) is 0 Å². The molecule has 2 saturated heterocycles. The Balaban J connectivity index is 1.13. The van der Waals surface area contributed by atoms with Crippen molar-refractivity contribution in [3.05, 3.63) is 89.2 Å². The van der Waals surface area contributed by atoms with Crippen molar-refractivity contribution in [1.29, 1.82) is 0 Å². The van der Waals surface area contributed by atoms with Crippen molar-refractivity contribution in [2.75, 3.05) is 31.1 Å². The van der Waals surface area contributed by atoms with Gasteiger partial charge in [-0.25, -0.2) is 0 Å². The normalized spacial score (nSPS) is 20.3. The molecule has 0 saturated carbocycles. The van der Waals surface area contributed by atoms with E-state index in [0.29, 0.717) is 5.56 Å². The zero-order chi connectivity index (χ0) is 26.1. The SMILES string of the molecule is O=C(NC1CCCc2ccc(C(=O)N3CCC4(CC3)CCN(c3ccncc3)C4)cc21)c1ccccc1O. The number of anilines is 1. The van der Waals surface area contributed by atoms with Crippen LogP contribution in [0.1, 0.15) is 70.0 Å². The Kier molecular flexibility index (Phi) is 6.52. The third-order valence-electron chi connectivity index (χ3n) is 8.74. The first-order valence-electron chi connectivity index (χ1n) is 13.7. The van der Waals surface area contributed by atoms with E-state index >= 15 is 0 Å². The Bertz CT molecular complexity index is 1330. The van der Waals surface area contributed by atoms with Crippen LogP contribution in [0.15, 0.2) is 67.0 Å². The molecule has 2 amide bonds. The Morgan fingerprint density at radius 3 is 2.53 bits per heavy atom. The molecule has 0 bridgehead atoms. The number of likely N-dealkylation sites (tertiary alicyclic amines) is 1. The summed E-state index contributed by atoms with van der Waals surface area (Å²) in [7, 11) is 0. The summed E-state index contributed by atoms with van der Waals surface area (Å²) in [6.45, 7) is 3.63. The average molecular weight is 511 g/mol. The summed E-state index contributed by atoms with van der Waals surface area (Å²) in [6.07, 6.45) is 9.61. The lowest BCUT2D eigenvalue weighted by molar-refractivity contribution is 0.0610. The Morgan fingerprint density at radius 1 is 0.974 bits per heavy atom. The van der Waals surface area contributed by atoms with Crippen LogP contribution in [0.25, 0.3) is 0 Å². The molecule has 3 aromatic rings. The van der Waals surface area contributed by atoms with Gasteiger partial charge < -0.3 is 20.2 Å². The minimum Gasteiger partial charge on any atom is -0.507 e. The highest BCUT2D eigenvalue weighted by Crippen LogP contribution is 2.42. The van der Waals surface area contributed by atoms with Crippen molar-refractivity contribution < 1.29 is 14.7 Å². The molecule has 1 aliphatic carbocycles. The highest BCUT2D eigenvalue weighted by atomic mass is 16.3. The number of phenolic OH excluding ortho intramolecular Hbond substituents is 1. The van der Waals surface area contributed by atoms with Crippen LogP contribution in [0.3, 0.4) is 0 Å². The lowest BCUT2D eigenvalue weighted by Crippen LogP contribution is -2.44. The van der Waals surface area contributed by atoms with Gasteiger partial charge in [-0.3, -0.25) is 14.6 Å². The minimum absolute atomic E-state index is 0.0287. The minimum atomic E-state index is -0.295. The second-order valence-electron chi connectivity index (χ2n) is 11.0. The zero-order valence-electron chi connectivity index (χ0n) is 21.6. The Labute approximate surface area is 223 Å². The van der Waals surface area contributed by atoms with E-state index in [0.717, 1.165) is 70.3 Å². The maximum absolute atomic E-state index is 13.6. The molecule has 1 spiro atoms. The molecule has 0 radical (unpaired) electrons. The molecule has 6 rings (SSSR count). The molecule has 2 aliphatic heterocycles. The van der Waals surface area contributed by atoms with Crippen molar-refractivity contribution in [2.24, 2.45) is 5.41 Å². The fourth-order valence-electron chi connectivity index (χ4n) is 6.47. The first-order chi connectivity index (χ1) is 18.5. The van der Waals surface area contributed by atoms with Gasteiger partial charge in [0.1, 0.15) is 5.75 Å². The summed E-state index contributed by atoms with van der Waals surface area (Å²) < 4.78 is 0. The van der Waals surface area contributed by atoms with Crippen LogP contribution in [0, 0.1) is 5.41 Å². The van der Waals surface area contributed by atoms with E-state index in [1.54, 1.807) is 18.2 Å². The van der Waals surface area contributed by atoms with Crippen molar-refractivity contribution in [3.63, 3.8) is 0 Å². The van der Waals surface area contributed by atoms with E-state index in [4.69, 9.17) is 0 Å². The van der Waals surface area contributed by atoms with Gasteiger partial charge in [0.15, 0.2) is 0 Å². The van der Waals surface area contributed by atoms with E-state index < -0.39 is 0 Å². The smallest absolute Gasteiger partial charge is 0.255 e. The monoisotopic (exact) mass is 510 g/mol. The second-order valence-corrected chi connectivity index (χ2v) is 11.0. The number of para-hydroxylation sites is 1. The van der Waals surface area contributed by atoms with Crippen LogP contribution in [0.5, 0.6) is 5.75 Å². The molecular weight excluding hydrogens is 476 g/mol. The quantitative estimate of drug-likeness (QED) is 0.530. The number of phenols is 1. The summed E-state index contributed by atoms with van der Waals surface area (Å²) in [5.41, 5.74) is 4.65. The van der Waals surface area contributed by atoms with Gasteiger partial charge in [0.05, 0.1) is 11.6 Å². The molecule has 2 N–H and O–H groups in total. The van der Waals surface area contributed by atoms with Crippen LogP contribution in [0.2, 0.25) is 0 Å². The van der Waals surface area contributed by atoms with Crippen LogP contribution in [-0.4, -0.2) is 53.0 Å². The molecule has 38 heavy (non-hydrogen) atoms. The van der Waals surface area contributed by atoms with Crippen molar-refractivity contribution >= 4 is 17.5 Å². The van der Waals surface area contributed by atoms with Crippen molar-refractivity contribution in [3.8, 4) is 5.75 Å². The van der Waals surface area contributed by atoms with Gasteiger partial charge in [-0.15, -0.1) is 0 Å². The summed E-state index contributed by atoms with van der Waals surface area (Å²) in [5, 5.41) is 13.2. The molecule has 2 aromatic carbocycles. The van der Waals surface area contributed by atoms with E-state index in [1.165, 1.54) is 17.3 Å². The van der Waals surface area contributed by atoms with Crippen LogP contribution < -0.4 is 10.2 Å². The lowest BCUT2D eigenvalue weighted by atomic mass is 9.77. The highest BCUT2D eigenvalue weighted by Gasteiger charge is 2.41. The number of benzene rings is 2. The van der Waals surface area contributed by atoms with Crippen LogP contribution >= 0.6 is 0 Å². The van der Waals surface area contributed by atoms with Crippen LogP contribution in [-0.2, 0) is 6.42 Å². The molecule has 3 aliphatic rings. The number of amides is 2. The van der Waals surface area contributed by atoms with E-state index in [-0.39, 0.29) is 34.6 Å². The molecule has 7 heteroatoms. The summed E-state index contributed by atoms with van der Waals surface area (Å²) in [4.78, 5) is 35.0. The summed E-state index contributed by atoms with van der Waals surface area (Å²) >= 11 is 0. The number of aromatic hydroxyl groups is 1. The number of hydrogen-bond acceptors (Lipinski definition) is 5. The molecule has 1 aromatic heterocycles. The molecule has 1 atom stereocenters. The molecule has 196 valence electrons. The zero-order valence-corrected chi connectivity index (χ0v) is 21.6. The first kappa shape index (κ1) is 24.5. The highest BCUT2D eigenvalue weighted by molar-refractivity contribution is 5.97. The molecule has 7 nitrogen and oxygen atoms in total. The number of fused-ring (bicyclic) bond motifs is 1. The predicted molar refractivity (Wildman–Crippen MR) is 146 cm³/mol. The van der Waals surface area contributed by atoms with E-state index in [2.05, 4.69) is 33.4 Å². The van der Waals surface area contributed by atoms with Gasteiger partial charge >= 0.3 is 0 Å². The van der Waals surface area contributed by atoms with E-state index in [9.17, 15) is 14.7 Å². The number of aromatic nitrogens is 1. The van der Waals surface area contributed by atoms with Gasteiger partial charge in [0.25, 0.3) is 11.8 Å². The van der Waals surface area contributed by atoms with Crippen LogP contribution in [0.4, 0.5) is 5.69 Å². The molecule has 1 unspecified atom stereocenters. The number of carbonyl (C=O) groups excluding carboxylic acids is 2. The number of carbonyl (C=O) groups is 2. The maximum Gasteiger partial charge on any atom is 0.255 e. The van der Waals surface area contributed by atoms with Crippen molar-refractivity contribution in [1.82, 2.24) is 15.2 Å². The predicted octanol–water partition coefficient (Wildman–Crippen LogP) is 4.73. The number of nitrogens with one attached hydrogen (secondary N) is 1. The Hall–Kier alpha value is -3.87. The molecule has 3 heterocycles. The largest absolute Gasteiger partial charge is 0.507 e. The van der Waals surface area contributed by atoms with Gasteiger partial charge in [0, 0.05) is 49.8 Å². The fraction of sp³-hybridized carbons (Fsp3) is 0.387. The number of hydrogen-bond donors (Lipinski definition) is 2. The van der Waals surface area contributed by atoms with Gasteiger partial charge in [0.2, 0.25) is 0 Å². The average Bonchev–Trinajstić information content (AvgIpc) is 3.37. The van der Waals surface area contributed by atoms with Gasteiger partial charge in [-0.05, 0) is 91.5 Å². The molecule has 2 fully saturated rings. The van der Waals surface area contributed by atoms with Crippen molar-refractivity contribution in [2.45, 2.75) is 44.6 Å². The second kappa shape index (κ2) is 10.1. The standard InChI is InChI=1S/C31H34N4O3/c36-28-7-2-1-5-25(28)29(37)33-27-6-3-4-22-8-9-23(20-26(22)27)30(38)34-17-12-31(13-18-34)14-19-35(21-31)24-10-15-32-16-11-24/h1-2,5,7-11,15-16,20,27,36H,3-4,6,12-14,17-19,21H2,(H,33,37). The number of piperidine rings is 1. The number of aryl methyl sites for hydroxylation is 1. The fourth-order valence-corrected chi connectivity index (χ4v) is 6.47. The van der Waals surface area contributed by atoms with Gasteiger partial charge in [-0.1, -0.05) is 18.2 Å². The third kappa shape index (κ3) is 4.73. The number of pyridine rings is 1.